The molecule has 2 aromatic rings. The van der Waals surface area contributed by atoms with E-state index in [0.29, 0.717) is 11.0 Å². The predicted molar refractivity (Wildman–Crippen MR) is 82.3 cm³/mol. The highest BCUT2D eigenvalue weighted by Crippen LogP contribution is 2.27. The average Bonchev–Trinajstić information content (AvgIpc) is 2.37. The maximum absolute atomic E-state index is 10.7. The molecule has 0 fully saturated rings. The van der Waals surface area contributed by atoms with Gasteiger partial charge < -0.3 is 5.32 Å². The maximum Gasteiger partial charge on any atom is 0.283 e. The fourth-order valence-corrected chi connectivity index (χ4v) is 2.36. The summed E-state index contributed by atoms with van der Waals surface area (Å²) in [5.74, 6) is 0. The van der Waals surface area contributed by atoms with E-state index in [1.165, 1.54) is 6.07 Å². The minimum Gasteiger partial charge on any atom is -0.381 e. The van der Waals surface area contributed by atoms with Crippen LogP contribution < -0.4 is 5.32 Å². The van der Waals surface area contributed by atoms with Crippen LogP contribution in [0.1, 0.15) is 5.56 Å². The van der Waals surface area contributed by atoms with Gasteiger partial charge in [-0.05, 0) is 45.8 Å². The van der Waals surface area contributed by atoms with Crippen molar-refractivity contribution in [3.05, 3.63) is 67.1 Å². The fraction of sp³-hybridized carbons (Fsp3) is 0.0769. The first-order chi connectivity index (χ1) is 9.06. The standard InChI is InChI=1S/C13H10Br2N2O2/c14-10-3-1-9(2-4-10)8-16-11-5-6-13(17(18)19)12(15)7-11/h1-7,16H,8H2. The van der Waals surface area contributed by atoms with E-state index in [9.17, 15) is 10.1 Å². The lowest BCUT2D eigenvalue weighted by Crippen LogP contribution is -1.99. The molecule has 0 aromatic heterocycles. The largest absolute Gasteiger partial charge is 0.381 e. The molecule has 0 aliphatic carbocycles. The molecular formula is C13H10Br2N2O2. The van der Waals surface area contributed by atoms with Crippen LogP contribution in [0.25, 0.3) is 0 Å². The first-order valence-electron chi connectivity index (χ1n) is 5.48. The van der Waals surface area contributed by atoms with E-state index in [-0.39, 0.29) is 5.69 Å². The van der Waals surface area contributed by atoms with Gasteiger partial charge in [-0.15, -0.1) is 0 Å². The van der Waals surface area contributed by atoms with E-state index in [1.807, 2.05) is 24.3 Å². The van der Waals surface area contributed by atoms with Gasteiger partial charge in [0, 0.05) is 22.8 Å². The molecule has 0 aliphatic rings. The summed E-state index contributed by atoms with van der Waals surface area (Å²) in [5, 5.41) is 13.9. The van der Waals surface area contributed by atoms with Crippen molar-refractivity contribution >= 4 is 43.2 Å². The summed E-state index contributed by atoms with van der Waals surface area (Å²) in [6.45, 7) is 0.664. The molecule has 0 radical (unpaired) electrons. The molecule has 1 N–H and O–H groups in total. The van der Waals surface area contributed by atoms with Crippen molar-refractivity contribution < 1.29 is 4.92 Å². The van der Waals surface area contributed by atoms with Gasteiger partial charge in [-0.25, -0.2) is 0 Å². The SMILES string of the molecule is O=[N+]([O-])c1ccc(NCc2ccc(Br)cc2)cc1Br. The van der Waals surface area contributed by atoms with Gasteiger partial charge in [0.25, 0.3) is 5.69 Å². The topological polar surface area (TPSA) is 55.2 Å². The van der Waals surface area contributed by atoms with Crippen LogP contribution in [0.4, 0.5) is 11.4 Å². The number of rotatable bonds is 4. The molecule has 98 valence electrons. The van der Waals surface area contributed by atoms with Crippen molar-refractivity contribution in [1.82, 2.24) is 0 Å². The third-order valence-corrected chi connectivity index (χ3v) is 3.72. The molecule has 0 bridgehead atoms. The molecular weight excluding hydrogens is 376 g/mol. The number of nitrogens with zero attached hydrogens (tertiary/aromatic N) is 1. The van der Waals surface area contributed by atoms with Gasteiger partial charge in [-0.2, -0.15) is 0 Å². The van der Waals surface area contributed by atoms with Crippen molar-refractivity contribution in [1.29, 1.82) is 0 Å². The monoisotopic (exact) mass is 384 g/mol. The highest BCUT2D eigenvalue weighted by molar-refractivity contribution is 9.10. The van der Waals surface area contributed by atoms with Gasteiger partial charge in [0.15, 0.2) is 0 Å². The Balaban J connectivity index is 2.06. The van der Waals surface area contributed by atoms with Crippen LogP contribution in [0, 0.1) is 10.1 Å². The minimum atomic E-state index is -0.414. The Morgan fingerprint density at radius 2 is 1.79 bits per heavy atom. The number of nitrogens with one attached hydrogen (secondary N) is 1. The quantitative estimate of drug-likeness (QED) is 0.611. The van der Waals surface area contributed by atoms with Crippen LogP contribution in [0.15, 0.2) is 51.4 Å². The van der Waals surface area contributed by atoms with Crippen molar-refractivity contribution in [3.8, 4) is 0 Å². The number of benzene rings is 2. The molecule has 0 amide bonds. The van der Waals surface area contributed by atoms with Crippen LogP contribution >= 0.6 is 31.9 Å². The molecule has 0 unspecified atom stereocenters. The Morgan fingerprint density at radius 3 is 2.37 bits per heavy atom. The van der Waals surface area contributed by atoms with Crippen LogP contribution in [0.3, 0.4) is 0 Å². The van der Waals surface area contributed by atoms with Gasteiger partial charge in [0.1, 0.15) is 0 Å². The molecule has 2 aromatic carbocycles. The third kappa shape index (κ3) is 3.78. The molecule has 19 heavy (non-hydrogen) atoms. The molecule has 6 heteroatoms. The van der Waals surface area contributed by atoms with E-state index in [4.69, 9.17) is 0 Å². The molecule has 0 aliphatic heterocycles. The summed E-state index contributed by atoms with van der Waals surface area (Å²) in [6.07, 6.45) is 0. The van der Waals surface area contributed by atoms with Crippen molar-refractivity contribution in [2.75, 3.05) is 5.32 Å². The van der Waals surface area contributed by atoms with Crippen LogP contribution in [-0.4, -0.2) is 4.92 Å². The number of hydrogen-bond acceptors (Lipinski definition) is 3. The van der Waals surface area contributed by atoms with Gasteiger partial charge >= 0.3 is 0 Å². The maximum atomic E-state index is 10.7. The zero-order chi connectivity index (χ0) is 13.8. The lowest BCUT2D eigenvalue weighted by Gasteiger charge is -2.07. The van der Waals surface area contributed by atoms with E-state index < -0.39 is 4.92 Å². The van der Waals surface area contributed by atoms with Gasteiger partial charge in [-0.1, -0.05) is 28.1 Å². The van der Waals surface area contributed by atoms with Crippen molar-refractivity contribution in [2.24, 2.45) is 0 Å². The van der Waals surface area contributed by atoms with Crippen molar-refractivity contribution in [2.45, 2.75) is 6.54 Å². The Kier molecular flexibility index (Phi) is 4.55. The zero-order valence-electron chi connectivity index (χ0n) is 9.77. The summed E-state index contributed by atoms with van der Waals surface area (Å²) in [4.78, 5) is 10.3. The summed E-state index contributed by atoms with van der Waals surface area (Å²) in [7, 11) is 0. The van der Waals surface area contributed by atoms with Crippen LogP contribution in [0.5, 0.6) is 0 Å². The molecule has 0 heterocycles. The predicted octanol–water partition coefficient (Wildman–Crippen LogP) is 4.73. The zero-order valence-corrected chi connectivity index (χ0v) is 12.9. The lowest BCUT2D eigenvalue weighted by molar-refractivity contribution is -0.385. The minimum absolute atomic E-state index is 0.0641. The van der Waals surface area contributed by atoms with Crippen LogP contribution in [-0.2, 0) is 6.54 Å². The Labute approximate surface area is 127 Å². The number of nitro groups is 1. The van der Waals surface area contributed by atoms with Crippen molar-refractivity contribution in [3.63, 3.8) is 0 Å². The molecule has 0 saturated heterocycles. The van der Waals surface area contributed by atoms with E-state index in [1.54, 1.807) is 12.1 Å². The Bertz CT molecular complexity index is 600. The Hall–Kier alpha value is -1.40. The molecule has 2 rings (SSSR count). The second-order valence-electron chi connectivity index (χ2n) is 3.90. The van der Waals surface area contributed by atoms with Gasteiger partial charge in [0.05, 0.1) is 9.40 Å². The first-order valence-corrected chi connectivity index (χ1v) is 7.07. The normalized spacial score (nSPS) is 10.2. The molecule has 0 spiro atoms. The smallest absolute Gasteiger partial charge is 0.283 e. The van der Waals surface area contributed by atoms with Gasteiger partial charge in [-0.3, -0.25) is 10.1 Å². The highest BCUT2D eigenvalue weighted by atomic mass is 79.9. The number of hydrogen-bond donors (Lipinski definition) is 1. The number of halogens is 2. The lowest BCUT2D eigenvalue weighted by atomic mass is 10.2. The molecule has 0 atom stereocenters. The summed E-state index contributed by atoms with van der Waals surface area (Å²) in [5.41, 5.74) is 2.03. The number of anilines is 1. The van der Waals surface area contributed by atoms with Gasteiger partial charge in [0.2, 0.25) is 0 Å². The summed E-state index contributed by atoms with van der Waals surface area (Å²) >= 11 is 6.58. The first kappa shape index (κ1) is 14.0. The second-order valence-corrected chi connectivity index (χ2v) is 5.67. The molecule has 0 saturated carbocycles. The summed E-state index contributed by atoms with van der Waals surface area (Å²) in [6, 6.07) is 12.9. The van der Waals surface area contributed by atoms with E-state index in [0.717, 1.165) is 15.7 Å². The van der Waals surface area contributed by atoms with E-state index >= 15 is 0 Å². The highest BCUT2D eigenvalue weighted by Gasteiger charge is 2.11. The van der Waals surface area contributed by atoms with Crippen LogP contribution in [0.2, 0.25) is 0 Å². The second kappa shape index (κ2) is 6.16. The molecule has 4 nitrogen and oxygen atoms in total. The number of nitro benzene ring substituents is 1. The summed E-state index contributed by atoms with van der Waals surface area (Å²) < 4.78 is 1.51. The third-order valence-electron chi connectivity index (χ3n) is 2.55. The Morgan fingerprint density at radius 1 is 1.11 bits per heavy atom. The van der Waals surface area contributed by atoms with E-state index in [2.05, 4.69) is 37.2 Å². The fourth-order valence-electron chi connectivity index (χ4n) is 1.57. The average molecular weight is 386 g/mol.